The van der Waals surface area contributed by atoms with E-state index >= 15 is 4.39 Å². The van der Waals surface area contributed by atoms with Crippen LogP contribution >= 0.6 is 0 Å². The smallest absolute Gasteiger partial charge is 0.409 e. The molecule has 20 heteroatoms. The lowest BCUT2D eigenvalue weighted by atomic mass is 9.82. The van der Waals surface area contributed by atoms with E-state index in [0.717, 1.165) is 15.7 Å². The van der Waals surface area contributed by atoms with Crippen LogP contribution in [-0.4, -0.2) is 133 Å². The van der Waals surface area contributed by atoms with Crippen molar-refractivity contribution in [3.8, 4) is 28.6 Å². The van der Waals surface area contributed by atoms with Crippen LogP contribution in [0.4, 0.5) is 9.18 Å². The lowest BCUT2D eigenvalue weighted by molar-refractivity contribution is -0.135. The van der Waals surface area contributed by atoms with Crippen molar-refractivity contribution in [2.24, 2.45) is 17.8 Å². The number of piperazine rings is 1. The van der Waals surface area contributed by atoms with Gasteiger partial charge < -0.3 is 40.5 Å². The van der Waals surface area contributed by atoms with E-state index in [-0.39, 0.29) is 116 Å². The number of amides is 4. The second-order valence-electron chi connectivity index (χ2n) is 22.6. The van der Waals surface area contributed by atoms with Crippen LogP contribution < -0.4 is 21.6 Å². The lowest BCUT2D eigenvalue weighted by Gasteiger charge is -2.34. The molecule has 434 valence electrons. The van der Waals surface area contributed by atoms with Crippen LogP contribution in [0.25, 0.3) is 17.1 Å². The third kappa shape index (κ3) is 16.7. The molecule has 6 N–H and O–H groups in total. The number of rotatable bonds is 27. The number of hydrogen-bond acceptors (Lipinski definition) is 13. The van der Waals surface area contributed by atoms with Gasteiger partial charge in [0, 0.05) is 56.7 Å². The maximum absolute atomic E-state index is 15.8. The molecular formula is C61H77FN8O11. The molecule has 7 rings (SSSR count). The first-order chi connectivity index (χ1) is 38.6. The van der Waals surface area contributed by atoms with Gasteiger partial charge in [-0.25, -0.2) is 23.6 Å². The van der Waals surface area contributed by atoms with E-state index in [2.05, 4.69) is 26.1 Å². The Morgan fingerprint density at radius 2 is 1.41 bits per heavy atom. The van der Waals surface area contributed by atoms with E-state index in [1.807, 2.05) is 107 Å². The highest BCUT2D eigenvalue weighted by Crippen LogP contribution is 2.38. The summed E-state index contributed by atoms with van der Waals surface area (Å²) < 4.78 is 27.9. The fraction of sp³-hybridized carbons (Fsp3) is 0.475. The molecular weight excluding hydrogens is 1040 g/mol. The SMILES string of the molecule is CC(C)C[C@H](CC(=O)[C@H](Cc1ccccc1)NC(=O)[C@H](CC(C)C)NC(=O)[C@H](CCc1ccccc1)NC(=O)CCOC(=O)N1CCN(Cc2ccc(-n3c(-c4cc(C(C)C)c(O)cc4O)n[nH]c3=O)cc2F)CC1)C(=O)[C@@]1(C)CO1. The second kappa shape index (κ2) is 27.6. The summed E-state index contributed by atoms with van der Waals surface area (Å²) in [4.78, 5) is 99.6. The lowest BCUT2D eigenvalue weighted by Crippen LogP contribution is -2.56. The van der Waals surface area contributed by atoms with Crippen LogP contribution in [0, 0.1) is 23.6 Å². The van der Waals surface area contributed by atoms with Crippen molar-refractivity contribution in [3.05, 3.63) is 130 Å². The highest BCUT2D eigenvalue weighted by molar-refractivity contribution is 5.98. The summed E-state index contributed by atoms with van der Waals surface area (Å²) in [6.45, 7) is 14.7. The molecule has 81 heavy (non-hydrogen) atoms. The molecule has 2 saturated heterocycles. The number of aromatic amines is 1. The van der Waals surface area contributed by atoms with Gasteiger partial charge in [0.15, 0.2) is 17.4 Å². The van der Waals surface area contributed by atoms with E-state index in [4.69, 9.17) is 9.47 Å². The van der Waals surface area contributed by atoms with Gasteiger partial charge in [-0.2, -0.15) is 5.10 Å². The van der Waals surface area contributed by atoms with Crippen LogP contribution in [0.3, 0.4) is 0 Å². The Bertz CT molecular complexity index is 3060. The number of carbonyl (C=O) groups excluding carboxylic acids is 6. The maximum Gasteiger partial charge on any atom is 0.409 e. The normalized spacial score (nSPS) is 16.9. The highest BCUT2D eigenvalue weighted by atomic mass is 19.1. The zero-order chi connectivity index (χ0) is 58.5. The molecule has 4 aromatic carbocycles. The third-order valence-corrected chi connectivity index (χ3v) is 14.8. The average molecular weight is 1120 g/mol. The number of Topliss-reactive ketones (excluding diaryl/α,β-unsaturated/α-hetero) is 2. The minimum absolute atomic E-state index is 0.0351. The number of phenols is 2. The molecule has 4 amide bonds. The van der Waals surface area contributed by atoms with E-state index in [1.165, 1.54) is 17.0 Å². The van der Waals surface area contributed by atoms with Crippen molar-refractivity contribution in [1.29, 1.82) is 0 Å². The number of phenolic OH excluding ortho intramolecular Hbond substituents is 2. The zero-order valence-corrected chi connectivity index (χ0v) is 47.3. The molecule has 2 fully saturated rings. The first-order valence-corrected chi connectivity index (χ1v) is 27.9. The first-order valence-electron chi connectivity index (χ1n) is 27.9. The minimum atomic E-state index is -1.09. The number of H-pyrrole nitrogens is 1. The van der Waals surface area contributed by atoms with Gasteiger partial charge in [0.1, 0.15) is 41.6 Å². The number of ether oxygens (including phenoxy) is 2. The number of nitrogens with zero attached hydrogens (tertiary/aromatic N) is 4. The summed E-state index contributed by atoms with van der Waals surface area (Å²) in [7, 11) is 0. The molecule has 0 unspecified atom stereocenters. The number of nitrogens with one attached hydrogen (secondary N) is 4. The number of aromatic hydroxyl groups is 2. The summed E-state index contributed by atoms with van der Waals surface area (Å²) >= 11 is 0. The molecule has 2 aliphatic heterocycles. The Hall–Kier alpha value is -7.71. The van der Waals surface area contributed by atoms with Crippen molar-refractivity contribution < 1.29 is 52.8 Å². The van der Waals surface area contributed by atoms with E-state index < -0.39 is 65.0 Å². The summed E-state index contributed by atoms with van der Waals surface area (Å²) in [5.74, 6) is -3.80. The highest BCUT2D eigenvalue weighted by Gasteiger charge is 2.50. The summed E-state index contributed by atoms with van der Waals surface area (Å²) in [5, 5.41) is 36.1. The van der Waals surface area contributed by atoms with Crippen LogP contribution in [0.5, 0.6) is 11.5 Å². The van der Waals surface area contributed by atoms with E-state index in [9.17, 15) is 43.8 Å². The Balaban J connectivity index is 0.937. The quantitative estimate of drug-likeness (QED) is 0.0293. The molecule has 3 heterocycles. The van der Waals surface area contributed by atoms with Crippen molar-refractivity contribution in [3.63, 3.8) is 0 Å². The topological polar surface area (TPSA) is 258 Å². The van der Waals surface area contributed by atoms with Crippen molar-refractivity contribution in [2.45, 2.75) is 130 Å². The predicted octanol–water partition coefficient (Wildman–Crippen LogP) is 6.90. The van der Waals surface area contributed by atoms with Gasteiger partial charge >= 0.3 is 11.8 Å². The Labute approximate surface area is 472 Å². The van der Waals surface area contributed by atoms with Crippen LogP contribution in [0.15, 0.2) is 95.8 Å². The monoisotopic (exact) mass is 1120 g/mol. The number of carbonyl (C=O) groups is 6. The summed E-state index contributed by atoms with van der Waals surface area (Å²) in [6, 6.07) is 22.5. The fourth-order valence-corrected chi connectivity index (χ4v) is 10.2. The largest absolute Gasteiger partial charge is 0.508 e. The van der Waals surface area contributed by atoms with Gasteiger partial charge in [-0.3, -0.25) is 28.9 Å². The zero-order valence-electron chi connectivity index (χ0n) is 47.3. The molecule has 0 spiro atoms. The number of hydrogen-bond donors (Lipinski definition) is 6. The van der Waals surface area contributed by atoms with Crippen molar-refractivity contribution in [1.82, 2.24) is 40.5 Å². The maximum atomic E-state index is 15.8. The average Bonchev–Trinajstić information content (AvgIpc) is 4.19. The van der Waals surface area contributed by atoms with Crippen molar-refractivity contribution >= 4 is 35.4 Å². The number of halogens is 1. The van der Waals surface area contributed by atoms with Gasteiger partial charge in [0.25, 0.3) is 0 Å². The van der Waals surface area contributed by atoms with Gasteiger partial charge in [0.2, 0.25) is 17.7 Å². The number of aryl methyl sites for hydroxylation is 1. The van der Waals surface area contributed by atoms with Crippen LogP contribution in [-0.2, 0) is 52.8 Å². The Morgan fingerprint density at radius 1 is 0.778 bits per heavy atom. The molecule has 19 nitrogen and oxygen atoms in total. The third-order valence-electron chi connectivity index (χ3n) is 14.8. The molecule has 0 radical (unpaired) electrons. The number of ketones is 2. The number of aromatic nitrogens is 3. The number of epoxide rings is 1. The minimum Gasteiger partial charge on any atom is -0.508 e. The second-order valence-corrected chi connectivity index (χ2v) is 22.6. The van der Waals surface area contributed by atoms with Gasteiger partial charge in [0.05, 0.1) is 30.3 Å². The predicted molar refractivity (Wildman–Crippen MR) is 302 cm³/mol. The van der Waals surface area contributed by atoms with Gasteiger partial charge in [-0.1, -0.05) is 108 Å². The van der Waals surface area contributed by atoms with E-state index in [1.54, 1.807) is 25.1 Å². The molecule has 0 bridgehead atoms. The summed E-state index contributed by atoms with van der Waals surface area (Å²) in [6.07, 6.45) is 0.453. The summed E-state index contributed by atoms with van der Waals surface area (Å²) in [5.41, 5.74) is 1.36. The Kier molecular flexibility index (Phi) is 20.8. The standard InChI is InChI=1S/C61H77FN8O11/c1-37(2)28-43(55(75)61(7)36-81-61)31-53(73)49(30-41-16-12-9-13-17-41)64-58(77)50(29-38(3)4)65-57(76)48(21-18-40-14-10-8-11-15-40)63-54(74)22-27-80-60(79)69-25-23-68(24-26-69)35-42-19-20-44(32-47(42)62)70-56(66-67-59(70)78)46-33-45(39(5)6)51(71)34-52(46)72/h8-17,19-20,32-34,37-39,43,48-50,71-72H,18,21-31,35-36H2,1-7H3,(H,63,74)(H,64,77)(H,65,76)(H,67,78)/t43-,48+,49+,50+,61-/m1/s1. The molecule has 2 aliphatic rings. The molecule has 5 atom stereocenters. The van der Waals surface area contributed by atoms with Crippen LogP contribution in [0.2, 0.25) is 0 Å². The molecule has 1 aromatic heterocycles. The molecule has 0 aliphatic carbocycles. The van der Waals surface area contributed by atoms with Crippen LogP contribution in [0.1, 0.15) is 109 Å². The fourth-order valence-electron chi connectivity index (χ4n) is 10.2. The number of benzene rings is 4. The van der Waals surface area contributed by atoms with Gasteiger partial charge in [-0.15, -0.1) is 0 Å². The molecule has 5 aromatic rings. The first kappa shape index (κ1) is 60.9. The van der Waals surface area contributed by atoms with Crippen molar-refractivity contribution in [2.75, 3.05) is 39.4 Å². The molecule has 0 saturated carbocycles. The van der Waals surface area contributed by atoms with E-state index in [0.29, 0.717) is 43.7 Å². The van der Waals surface area contributed by atoms with Gasteiger partial charge in [-0.05, 0) is 91.7 Å². The Morgan fingerprint density at radius 3 is 2.02 bits per heavy atom.